The molecular weight excluding hydrogens is 237 g/mol. The zero-order valence-electron chi connectivity index (χ0n) is 10.5. The molecule has 1 aliphatic heterocycles. The van der Waals surface area contributed by atoms with Gasteiger partial charge in [0.25, 0.3) is 0 Å². The summed E-state index contributed by atoms with van der Waals surface area (Å²) in [4.78, 5) is 2.14. The second-order valence-corrected chi connectivity index (χ2v) is 5.80. The molecular formula is C14H19ClFN. The predicted molar refractivity (Wildman–Crippen MR) is 71.2 cm³/mol. The van der Waals surface area contributed by atoms with E-state index in [2.05, 4.69) is 18.7 Å². The number of halogens is 2. The number of hydrogen-bond donors (Lipinski definition) is 0. The number of nitrogens with zero attached hydrogens (tertiary/aromatic N) is 1. The van der Waals surface area contributed by atoms with Crippen LogP contribution in [0.1, 0.15) is 32.3 Å². The van der Waals surface area contributed by atoms with E-state index in [-0.39, 0.29) is 5.82 Å². The average Bonchev–Trinajstić information content (AvgIpc) is 2.29. The maximum Gasteiger partial charge on any atom is 0.146 e. The van der Waals surface area contributed by atoms with Crippen LogP contribution in [0, 0.1) is 11.2 Å². The molecule has 0 amide bonds. The van der Waals surface area contributed by atoms with Crippen LogP contribution >= 0.6 is 11.6 Å². The molecule has 1 aromatic carbocycles. The number of benzene rings is 1. The van der Waals surface area contributed by atoms with Gasteiger partial charge >= 0.3 is 0 Å². The van der Waals surface area contributed by atoms with Crippen LogP contribution in [0.25, 0.3) is 0 Å². The molecule has 0 unspecified atom stereocenters. The summed E-state index contributed by atoms with van der Waals surface area (Å²) in [5.74, 6) is 0.218. The fourth-order valence-corrected chi connectivity index (χ4v) is 2.57. The van der Waals surface area contributed by atoms with Crippen molar-refractivity contribution in [2.45, 2.75) is 32.6 Å². The average molecular weight is 256 g/mol. The molecule has 3 heteroatoms. The quantitative estimate of drug-likeness (QED) is 0.717. The van der Waals surface area contributed by atoms with Crippen molar-refractivity contribution >= 4 is 17.3 Å². The van der Waals surface area contributed by atoms with E-state index < -0.39 is 0 Å². The lowest BCUT2D eigenvalue weighted by Gasteiger charge is -2.39. The van der Waals surface area contributed by atoms with Gasteiger partial charge in [0.2, 0.25) is 0 Å². The van der Waals surface area contributed by atoms with Crippen LogP contribution in [0.4, 0.5) is 10.1 Å². The fourth-order valence-electron chi connectivity index (χ4n) is 2.36. The molecule has 0 N–H and O–H groups in total. The topological polar surface area (TPSA) is 3.24 Å². The Bertz CT molecular complexity index is 393. The molecule has 94 valence electrons. The van der Waals surface area contributed by atoms with Crippen LogP contribution in [0.2, 0.25) is 0 Å². The fraction of sp³-hybridized carbons (Fsp3) is 0.571. The third-order valence-corrected chi connectivity index (χ3v) is 3.94. The molecule has 0 saturated carbocycles. The highest BCUT2D eigenvalue weighted by Gasteiger charge is 2.27. The molecule has 1 aromatic rings. The van der Waals surface area contributed by atoms with E-state index in [0.29, 0.717) is 17.0 Å². The predicted octanol–water partition coefficient (Wildman–Crippen LogP) is 4.19. The lowest BCUT2D eigenvalue weighted by atomic mass is 9.82. The van der Waals surface area contributed by atoms with Crippen LogP contribution in [0.5, 0.6) is 0 Å². The molecule has 1 saturated heterocycles. The van der Waals surface area contributed by atoms with E-state index >= 15 is 0 Å². The Morgan fingerprint density at radius 3 is 2.53 bits per heavy atom. The van der Waals surface area contributed by atoms with Crippen LogP contribution in [-0.4, -0.2) is 13.1 Å². The molecule has 1 heterocycles. The molecule has 0 spiro atoms. The Balaban J connectivity index is 2.23. The molecule has 2 rings (SSSR count). The van der Waals surface area contributed by atoms with Gasteiger partial charge in [-0.15, -0.1) is 11.6 Å². The first kappa shape index (κ1) is 12.7. The second-order valence-electron chi connectivity index (χ2n) is 5.53. The Labute approximate surface area is 108 Å². The van der Waals surface area contributed by atoms with Crippen molar-refractivity contribution in [1.82, 2.24) is 0 Å². The van der Waals surface area contributed by atoms with Gasteiger partial charge in [-0.2, -0.15) is 0 Å². The maximum atomic E-state index is 13.9. The number of piperidine rings is 1. The number of alkyl halides is 1. The van der Waals surface area contributed by atoms with Crippen molar-refractivity contribution in [2.75, 3.05) is 18.0 Å². The zero-order chi connectivity index (χ0) is 12.5. The Hall–Kier alpha value is -0.760. The molecule has 0 bridgehead atoms. The number of anilines is 1. The van der Waals surface area contributed by atoms with E-state index in [4.69, 9.17) is 11.6 Å². The van der Waals surface area contributed by atoms with Gasteiger partial charge in [0.1, 0.15) is 5.82 Å². The van der Waals surface area contributed by atoms with Crippen molar-refractivity contribution in [3.63, 3.8) is 0 Å². The molecule has 0 radical (unpaired) electrons. The van der Waals surface area contributed by atoms with Gasteiger partial charge in [-0.05, 0) is 29.9 Å². The summed E-state index contributed by atoms with van der Waals surface area (Å²) < 4.78 is 13.9. The van der Waals surface area contributed by atoms with Gasteiger partial charge < -0.3 is 4.90 Å². The Kier molecular flexibility index (Phi) is 3.62. The third kappa shape index (κ3) is 2.74. The Morgan fingerprint density at radius 1 is 1.29 bits per heavy atom. The molecule has 17 heavy (non-hydrogen) atoms. The molecule has 0 aliphatic carbocycles. The van der Waals surface area contributed by atoms with Crippen molar-refractivity contribution in [3.8, 4) is 0 Å². The van der Waals surface area contributed by atoms with Crippen LogP contribution < -0.4 is 4.90 Å². The molecule has 0 aromatic heterocycles. The van der Waals surface area contributed by atoms with Crippen molar-refractivity contribution in [2.24, 2.45) is 5.41 Å². The molecule has 0 atom stereocenters. The first-order valence-electron chi connectivity index (χ1n) is 6.12. The summed E-state index contributed by atoms with van der Waals surface area (Å²) >= 11 is 5.89. The first-order valence-corrected chi connectivity index (χ1v) is 6.65. The summed E-state index contributed by atoms with van der Waals surface area (Å²) in [7, 11) is 0. The monoisotopic (exact) mass is 255 g/mol. The molecule has 1 aliphatic rings. The largest absolute Gasteiger partial charge is 0.369 e. The van der Waals surface area contributed by atoms with Gasteiger partial charge in [-0.3, -0.25) is 0 Å². The second kappa shape index (κ2) is 4.85. The standard InChI is InChI=1S/C14H19ClFN/c1-14(2)6-8-17(9-7-14)13-11(10-15)4-3-5-12(13)16/h3-5H,6-10H2,1-2H3. The Morgan fingerprint density at radius 2 is 1.94 bits per heavy atom. The van der Waals surface area contributed by atoms with Crippen LogP contribution in [0.15, 0.2) is 18.2 Å². The van der Waals surface area contributed by atoms with Gasteiger partial charge in [0, 0.05) is 19.0 Å². The minimum Gasteiger partial charge on any atom is -0.369 e. The lowest BCUT2D eigenvalue weighted by Crippen LogP contribution is -2.38. The smallest absolute Gasteiger partial charge is 0.146 e. The minimum atomic E-state index is -0.150. The van der Waals surface area contributed by atoms with Crippen molar-refractivity contribution in [1.29, 1.82) is 0 Å². The normalized spacial score (nSPS) is 19.4. The van der Waals surface area contributed by atoms with Crippen LogP contribution in [0.3, 0.4) is 0 Å². The highest BCUT2D eigenvalue weighted by atomic mass is 35.5. The number of hydrogen-bond acceptors (Lipinski definition) is 1. The van der Waals surface area contributed by atoms with E-state index in [1.54, 1.807) is 6.07 Å². The summed E-state index contributed by atoms with van der Waals surface area (Å²) in [6.07, 6.45) is 2.20. The zero-order valence-corrected chi connectivity index (χ0v) is 11.2. The van der Waals surface area contributed by atoms with Crippen molar-refractivity contribution in [3.05, 3.63) is 29.6 Å². The molecule has 1 nitrogen and oxygen atoms in total. The van der Waals surface area contributed by atoms with Crippen molar-refractivity contribution < 1.29 is 4.39 Å². The maximum absolute atomic E-state index is 13.9. The summed E-state index contributed by atoms with van der Waals surface area (Å²) in [6, 6.07) is 5.15. The van der Waals surface area contributed by atoms with E-state index in [1.807, 2.05) is 6.07 Å². The number of para-hydroxylation sites is 1. The van der Waals surface area contributed by atoms with Gasteiger partial charge in [-0.25, -0.2) is 4.39 Å². The number of rotatable bonds is 2. The van der Waals surface area contributed by atoms with Gasteiger partial charge in [0.05, 0.1) is 5.69 Å². The highest BCUT2D eigenvalue weighted by Crippen LogP contribution is 2.34. The van der Waals surface area contributed by atoms with E-state index in [1.165, 1.54) is 6.07 Å². The first-order chi connectivity index (χ1) is 8.03. The summed E-state index contributed by atoms with van der Waals surface area (Å²) in [6.45, 7) is 6.37. The third-order valence-electron chi connectivity index (χ3n) is 3.65. The van der Waals surface area contributed by atoms with Gasteiger partial charge in [-0.1, -0.05) is 26.0 Å². The molecule has 1 fully saturated rings. The van der Waals surface area contributed by atoms with E-state index in [9.17, 15) is 4.39 Å². The van der Waals surface area contributed by atoms with Gasteiger partial charge in [0.15, 0.2) is 0 Å². The summed E-state index contributed by atoms with van der Waals surface area (Å²) in [5, 5.41) is 0. The highest BCUT2D eigenvalue weighted by molar-refractivity contribution is 6.17. The SMILES string of the molecule is CC1(C)CCN(c2c(F)cccc2CCl)CC1. The minimum absolute atomic E-state index is 0.150. The van der Waals surface area contributed by atoms with E-state index in [0.717, 1.165) is 31.5 Å². The van der Waals surface area contributed by atoms with Crippen LogP contribution in [-0.2, 0) is 5.88 Å². The lowest BCUT2D eigenvalue weighted by molar-refractivity contribution is 0.278. The summed E-state index contributed by atoms with van der Waals surface area (Å²) in [5.41, 5.74) is 1.98.